The van der Waals surface area contributed by atoms with Gasteiger partial charge in [-0.15, -0.1) is 0 Å². The van der Waals surface area contributed by atoms with Crippen LogP contribution in [0.1, 0.15) is 35.6 Å². The standard InChI is InChI=1S/C22H24N2O5/c1-14-4-6-15(7-5-14)18-13-19(24(23-18)21(25)10-11-22(26)27)17-12-16(28-2)8-9-20(17)29-3/h4-9,12-13,19,23H,10-11H2,1-3H3,(H,26,27)/p-1/t19-/m1/s1. The third-order valence-electron chi connectivity index (χ3n) is 4.77. The predicted molar refractivity (Wildman–Crippen MR) is 106 cm³/mol. The molecule has 2 aromatic carbocycles. The van der Waals surface area contributed by atoms with Crippen LogP contribution in [0.25, 0.3) is 5.70 Å². The quantitative estimate of drug-likeness (QED) is 0.771. The molecule has 3 rings (SSSR count). The molecule has 0 aromatic heterocycles. The van der Waals surface area contributed by atoms with Crippen LogP contribution in [0.15, 0.2) is 48.5 Å². The van der Waals surface area contributed by atoms with Crippen LogP contribution in [0.4, 0.5) is 0 Å². The number of methoxy groups -OCH3 is 2. The molecule has 0 spiro atoms. The molecule has 1 atom stereocenters. The van der Waals surface area contributed by atoms with Gasteiger partial charge in [0.05, 0.1) is 19.9 Å². The van der Waals surface area contributed by atoms with E-state index in [1.807, 2.05) is 37.3 Å². The Morgan fingerprint density at radius 3 is 2.41 bits per heavy atom. The van der Waals surface area contributed by atoms with Crippen LogP contribution in [0.5, 0.6) is 11.5 Å². The smallest absolute Gasteiger partial charge is 0.242 e. The number of aryl methyl sites for hydroxylation is 1. The highest BCUT2D eigenvalue weighted by Gasteiger charge is 2.32. The highest BCUT2D eigenvalue weighted by molar-refractivity contribution is 5.83. The van der Waals surface area contributed by atoms with Crippen molar-refractivity contribution in [1.29, 1.82) is 0 Å². The van der Waals surface area contributed by atoms with E-state index in [0.717, 1.165) is 22.4 Å². The fourth-order valence-electron chi connectivity index (χ4n) is 3.21. The Hall–Kier alpha value is -3.48. The van der Waals surface area contributed by atoms with Crippen molar-refractivity contribution in [3.05, 3.63) is 65.2 Å². The Kier molecular flexibility index (Phi) is 6.07. The molecule has 0 fully saturated rings. The second-order valence-electron chi connectivity index (χ2n) is 6.75. The number of ether oxygens (including phenoxy) is 2. The van der Waals surface area contributed by atoms with Crippen molar-refractivity contribution in [3.8, 4) is 11.5 Å². The Morgan fingerprint density at radius 2 is 1.79 bits per heavy atom. The average Bonchev–Trinajstić information content (AvgIpc) is 3.17. The Morgan fingerprint density at radius 1 is 1.07 bits per heavy atom. The summed E-state index contributed by atoms with van der Waals surface area (Å²) in [6.45, 7) is 2.00. The fraction of sp³-hybridized carbons (Fsp3) is 0.273. The van der Waals surface area contributed by atoms with Gasteiger partial charge in [0.25, 0.3) is 0 Å². The normalized spacial score (nSPS) is 15.5. The van der Waals surface area contributed by atoms with E-state index in [1.165, 1.54) is 5.01 Å². The van der Waals surface area contributed by atoms with E-state index in [9.17, 15) is 14.7 Å². The molecule has 29 heavy (non-hydrogen) atoms. The van der Waals surface area contributed by atoms with Gasteiger partial charge in [-0.25, -0.2) is 5.01 Å². The zero-order chi connectivity index (χ0) is 21.0. The number of nitrogens with one attached hydrogen (secondary N) is 1. The Balaban J connectivity index is 2.01. The number of carboxylic acid groups (broad SMARTS) is 1. The van der Waals surface area contributed by atoms with Crippen LogP contribution in [0.3, 0.4) is 0 Å². The number of amides is 1. The van der Waals surface area contributed by atoms with Gasteiger partial charge in [-0.05, 0) is 43.2 Å². The summed E-state index contributed by atoms with van der Waals surface area (Å²) in [5.74, 6) is -0.404. The number of carbonyl (C=O) groups excluding carboxylic acids is 2. The molecule has 0 bridgehead atoms. The van der Waals surface area contributed by atoms with Crippen LogP contribution < -0.4 is 20.0 Å². The summed E-state index contributed by atoms with van der Waals surface area (Å²) < 4.78 is 10.8. The van der Waals surface area contributed by atoms with E-state index in [0.29, 0.717) is 11.5 Å². The molecule has 0 aliphatic carbocycles. The molecule has 1 aliphatic heterocycles. The van der Waals surface area contributed by atoms with Gasteiger partial charge in [0, 0.05) is 18.0 Å². The summed E-state index contributed by atoms with van der Waals surface area (Å²) in [6, 6.07) is 12.8. The molecule has 0 unspecified atom stereocenters. The summed E-state index contributed by atoms with van der Waals surface area (Å²) in [6.07, 6.45) is 1.39. The minimum atomic E-state index is -1.26. The van der Waals surface area contributed by atoms with Crippen molar-refractivity contribution in [2.45, 2.75) is 25.8 Å². The maximum atomic E-state index is 12.8. The fourth-order valence-corrected chi connectivity index (χ4v) is 3.21. The molecule has 0 saturated heterocycles. The number of benzene rings is 2. The third-order valence-corrected chi connectivity index (χ3v) is 4.77. The lowest BCUT2D eigenvalue weighted by Gasteiger charge is -2.27. The Bertz CT molecular complexity index is 937. The van der Waals surface area contributed by atoms with E-state index < -0.39 is 12.0 Å². The highest BCUT2D eigenvalue weighted by Crippen LogP contribution is 2.38. The molecule has 0 saturated carbocycles. The second-order valence-corrected chi connectivity index (χ2v) is 6.75. The van der Waals surface area contributed by atoms with E-state index >= 15 is 0 Å². The number of carboxylic acids is 1. The molecule has 1 aliphatic rings. The van der Waals surface area contributed by atoms with Crippen LogP contribution in [-0.2, 0) is 9.59 Å². The van der Waals surface area contributed by atoms with Crippen molar-refractivity contribution in [1.82, 2.24) is 10.4 Å². The molecule has 7 heteroatoms. The second kappa shape index (κ2) is 8.68. The van der Waals surface area contributed by atoms with Gasteiger partial charge in [-0.3, -0.25) is 10.2 Å². The number of nitrogens with zero attached hydrogens (tertiary/aromatic N) is 1. The molecule has 1 heterocycles. The largest absolute Gasteiger partial charge is 0.550 e. The van der Waals surface area contributed by atoms with Crippen LogP contribution in [0, 0.1) is 6.92 Å². The minimum Gasteiger partial charge on any atom is -0.550 e. The number of aliphatic carboxylic acids is 1. The average molecular weight is 395 g/mol. The van der Waals surface area contributed by atoms with E-state index in [4.69, 9.17) is 9.47 Å². The van der Waals surface area contributed by atoms with Crippen molar-refractivity contribution in [3.63, 3.8) is 0 Å². The summed E-state index contributed by atoms with van der Waals surface area (Å²) in [5, 5.41) is 12.2. The van der Waals surface area contributed by atoms with Gasteiger partial charge >= 0.3 is 0 Å². The zero-order valence-corrected chi connectivity index (χ0v) is 16.6. The number of rotatable bonds is 7. The van der Waals surface area contributed by atoms with Gasteiger partial charge in [-0.1, -0.05) is 29.8 Å². The Labute approximate surface area is 169 Å². The van der Waals surface area contributed by atoms with Gasteiger partial charge < -0.3 is 19.4 Å². The van der Waals surface area contributed by atoms with Crippen LogP contribution in [-0.4, -0.2) is 31.1 Å². The third kappa shape index (κ3) is 4.51. The lowest BCUT2D eigenvalue weighted by atomic mass is 10.0. The molecule has 2 aromatic rings. The maximum Gasteiger partial charge on any atom is 0.242 e. The SMILES string of the molecule is COc1ccc(OC)c([C@H]2C=C(c3ccc(C)cc3)NN2C(=O)CCC(=O)[O-])c1. The topological polar surface area (TPSA) is 90.9 Å². The van der Waals surface area contributed by atoms with Gasteiger partial charge in [0.15, 0.2) is 0 Å². The minimum absolute atomic E-state index is 0.173. The molecular formula is C22H23N2O5-. The molecule has 1 N–H and O–H groups in total. The molecule has 1 amide bonds. The van der Waals surface area contributed by atoms with E-state index in [-0.39, 0.29) is 18.7 Å². The number of hydrogen-bond donors (Lipinski definition) is 1. The number of hydrazine groups is 1. The summed E-state index contributed by atoms with van der Waals surface area (Å²) in [5.41, 5.74) is 6.64. The zero-order valence-electron chi connectivity index (χ0n) is 16.6. The predicted octanol–water partition coefficient (Wildman–Crippen LogP) is 1.97. The lowest BCUT2D eigenvalue weighted by molar-refractivity contribution is -0.305. The first-order chi connectivity index (χ1) is 13.9. The van der Waals surface area contributed by atoms with Crippen molar-refractivity contribution in [2.24, 2.45) is 0 Å². The maximum absolute atomic E-state index is 12.8. The van der Waals surface area contributed by atoms with E-state index in [2.05, 4.69) is 5.43 Å². The van der Waals surface area contributed by atoms with Crippen molar-refractivity contribution < 1.29 is 24.2 Å². The van der Waals surface area contributed by atoms with Gasteiger partial charge in [0.1, 0.15) is 17.5 Å². The molecule has 7 nitrogen and oxygen atoms in total. The van der Waals surface area contributed by atoms with Gasteiger partial charge in [0.2, 0.25) is 5.91 Å². The summed E-state index contributed by atoms with van der Waals surface area (Å²) >= 11 is 0. The number of hydrogen-bond acceptors (Lipinski definition) is 6. The molecular weight excluding hydrogens is 372 g/mol. The first-order valence-electron chi connectivity index (χ1n) is 9.22. The first-order valence-corrected chi connectivity index (χ1v) is 9.22. The first kappa shape index (κ1) is 20.3. The van der Waals surface area contributed by atoms with Crippen LogP contribution >= 0.6 is 0 Å². The molecule has 152 valence electrons. The summed E-state index contributed by atoms with van der Waals surface area (Å²) in [4.78, 5) is 23.6. The monoisotopic (exact) mass is 395 g/mol. The van der Waals surface area contributed by atoms with Crippen molar-refractivity contribution >= 4 is 17.6 Å². The summed E-state index contributed by atoms with van der Waals surface area (Å²) in [7, 11) is 3.12. The number of carbonyl (C=O) groups is 2. The molecule has 0 radical (unpaired) electrons. The van der Waals surface area contributed by atoms with Gasteiger partial charge in [-0.2, -0.15) is 0 Å². The highest BCUT2D eigenvalue weighted by atomic mass is 16.5. The van der Waals surface area contributed by atoms with Crippen molar-refractivity contribution in [2.75, 3.05) is 14.2 Å². The van der Waals surface area contributed by atoms with Crippen LogP contribution in [0.2, 0.25) is 0 Å². The lowest BCUT2D eigenvalue weighted by Crippen LogP contribution is -2.40. The van der Waals surface area contributed by atoms with E-state index in [1.54, 1.807) is 32.4 Å².